The lowest BCUT2D eigenvalue weighted by Gasteiger charge is -2.30. The molecule has 0 heterocycles. The highest BCUT2D eigenvalue weighted by atomic mass is 35.5. The maximum Gasteiger partial charge on any atom is 0.458 e. The van der Waals surface area contributed by atoms with E-state index in [-0.39, 0.29) is 17.0 Å². The molecule has 0 saturated heterocycles. The number of halogens is 9. The Morgan fingerprint density at radius 3 is 2.21 bits per heavy atom. The predicted octanol–water partition coefficient (Wildman–Crippen LogP) is 8.28. The van der Waals surface area contributed by atoms with Crippen LogP contribution in [0.5, 0.6) is 11.5 Å². The van der Waals surface area contributed by atoms with Gasteiger partial charge >= 0.3 is 18.3 Å². The molecule has 0 aliphatic carbocycles. The summed E-state index contributed by atoms with van der Waals surface area (Å²) in [5.41, 5.74) is -0.725. The van der Waals surface area contributed by atoms with Gasteiger partial charge in [-0.05, 0) is 53.9 Å². The van der Waals surface area contributed by atoms with E-state index in [9.17, 15) is 40.2 Å². The van der Waals surface area contributed by atoms with Crippen molar-refractivity contribution < 1.29 is 45.0 Å². The number of aryl methyl sites for hydroxylation is 1. The summed E-state index contributed by atoms with van der Waals surface area (Å²) >= 11 is 6.12. The zero-order chi connectivity index (χ0) is 28.3. The van der Waals surface area contributed by atoms with Crippen molar-refractivity contribution in [1.29, 1.82) is 0 Å². The first-order chi connectivity index (χ1) is 17.6. The topological polar surface area (TPSA) is 32.7 Å². The Morgan fingerprint density at radius 2 is 1.58 bits per heavy atom. The van der Waals surface area contributed by atoms with Crippen molar-refractivity contribution >= 4 is 17.3 Å². The van der Waals surface area contributed by atoms with E-state index < -0.39 is 43.0 Å². The summed E-state index contributed by atoms with van der Waals surface area (Å²) in [6.07, 6.45) is -13.2. The summed E-state index contributed by atoms with van der Waals surface area (Å²) in [7, 11) is 0. The Hall–Kier alpha value is -3.05. The minimum atomic E-state index is -5.87. The number of aliphatic hydroxyl groups excluding tert-OH is 1. The summed E-state index contributed by atoms with van der Waals surface area (Å²) in [5.74, 6) is -4.81. The van der Waals surface area contributed by atoms with Crippen molar-refractivity contribution in [3.63, 3.8) is 0 Å². The van der Waals surface area contributed by atoms with Crippen LogP contribution in [-0.2, 0) is 18.9 Å². The van der Waals surface area contributed by atoms with Gasteiger partial charge in [0.2, 0.25) is 0 Å². The van der Waals surface area contributed by atoms with Crippen LogP contribution in [0, 0.1) is 0 Å². The second-order valence-electron chi connectivity index (χ2n) is 8.39. The molecule has 3 rings (SSSR count). The Bertz CT molecular complexity index is 1250. The highest BCUT2D eigenvalue weighted by molar-refractivity contribution is 6.31. The number of aliphatic hydroxyl groups is 1. The Kier molecular flexibility index (Phi) is 8.82. The molecule has 38 heavy (non-hydrogen) atoms. The SMILES string of the molecule is CCc1cc(Oc2ccccc2N(Cc2cccc(C(F)(F)C(F)(F)F)c2)CC(O)C(F)(F)F)ccc1Cl. The van der Waals surface area contributed by atoms with Gasteiger partial charge in [0.25, 0.3) is 0 Å². The molecular formula is C26H22ClF8NO2. The molecule has 0 spiro atoms. The summed E-state index contributed by atoms with van der Waals surface area (Å²) in [4.78, 5) is 0.995. The predicted molar refractivity (Wildman–Crippen MR) is 127 cm³/mol. The largest absolute Gasteiger partial charge is 0.458 e. The fraction of sp³-hybridized carbons (Fsp3) is 0.308. The van der Waals surface area contributed by atoms with Crippen LogP contribution in [0.15, 0.2) is 66.7 Å². The Labute approximate surface area is 218 Å². The average Bonchev–Trinajstić information content (AvgIpc) is 2.84. The third-order valence-corrected chi connectivity index (χ3v) is 5.99. The van der Waals surface area contributed by atoms with Gasteiger partial charge in [0.15, 0.2) is 11.9 Å². The van der Waals surface area contributed by atoms with Gasteiger partial charge in [-0.25, -0.2) is 0 Å². The van der Waals surface area contributed by atoms with Gasteiger partial charge in [-0.15, -0.1) is 0 Å². The first kappa shape index (κ1) is 29.5. The van der Waals surface area contributed by atoms with Gasteiger partial charge in [-0.1, -0.05) is 48.9 Å². The molecule has 206 valence electrons. The van der Waals surface area contributed by atoms with Crippen LogP contribution in [0.25, 0.3) is 0 Å². The number of rotatable bonds is 9. The van der Waals surface area contributed by atoms with E-state index in [1.807, 2.05) is 6.92 Å². The van der Waals surface area contributed by atoms with Gasteiger partial charge in [-0.3, -0.25) is 0 Å². The minimum absolute atomic E-state index is 0.0387. The van der Waals surface area contributed by atoms with E-state index in [1.54, 1.807) is 18.2 Å². The standard InChI is InChI=1S/C26H22ClF8NO2/c1-2-17-13-19(10-11-20(17)27)38-22-9-4-3-8-21(22)36(15-23(37)25(30,31)32)14-16-6-5-7-18(12-16)24(28,29)26(33,34)35/h3-13,23,37H,2,14-15H2,1H3. The first-order valence-corrected chi connectivity index (χ1v) is 11.6. The number of ether oxygens (including phenoxy) is 1. The van der Waals surface area contributed by atoms with Crippen molar-refractivity contribution in [3.05, 3.63) is 88.4 Å². The molecule has 1 atom stereocenters. The molecule has 0 aromatic heterocycles. The van der Waals surface area contributed by atoms with Crippen LogP contribution in [0.3, 0.4) is 0 Å². The van der Waals surface area contributed by atoms with Gasteiger partial charge < -0.3 is 14.7 Å². The van der Waals surface area contributed by atoms with E-state index in [2.05, 4.69) is 0 Å². The third kappa shape index (κ3) is 6.87. The zero-order valence-corrected chi connectivity index (χ0v) is 20.5. The molecule has 0 amide bonds. The maximum absolute atomic E-state index is 13.9. The van der Waals surface area contributed by atoms with E-state index in [0.717, 1.165) is 16.5 Å². The number of hydrogen-bond donors (Lipinski definition) is 1. The smallest absolute Gasteiger partial charge is 0.455 e. The summed E-state index contributed by atoms with van der Waals surface area (Å²) in [5, 5.41) is 10.3. The van der Waals surface area contributed by atoms with Crippen LogP contribution in [0.4, 0.5) is 40.8 Å². The molecular weight excluding hydrogens is 546 g/mol. The van der Waals surface area contributed by atoms with Gasteiger partial charge in [0.1, 0.15) is 5.75 Å². The molecule has 1 N–H and O–H groups in total. The molecule has 3 nitrogen and oxygen atoms in total. The number of alkyl halides is 8. The second-order valence-corrected chi connectivity index (χ2v) is 8.79. The molecule has 12 heteroatoms. The lowest BCUT2D eigenvalue weighted by molar-refractivity contribution is -0.289. The fourth-order valence-corrected chi connectivity index (χ4v) is 3.88. The van der Waals surface area contributed by atoms with E-state index >= 15 is 0 Å². The molecule has 0 aliphatic rings. The van der Waals surface area contributed by atoms with Gasteiger partial charge in [0, 0.05) is 17.1 Å². The fourth-order valence-electron chi connectivity index (χ4n) is 3.63. The van der Waals surface area contributed by atoms with Crippen molar-refractivity contribution in [3.8, 4) is 11.5 Å². The quantitative estimate of drug-likeness (QED) is 0.264. The Balaban J connectivity index is 2.02. The van der Waals surface area contributed by atoms with Crippen LogP contribution < -0.4 is 9.64 Å². The van der Waals surface area contributed by atoms with E-state index in [1.165, 1.54) is 30.3 Å². The zero-order valence-electron chi connectivity index (χ0n) is 19.8. The van der Waals surface area contributed by atoms with Crippen molar-refractivity contribution in [2.45, 2.75) is 44.3 Å². The van der Waals surface area contributed by atoms with Crippen molar-refractivity contribution in [2.75, 3.05) is 11.4 Å². The van der Waals surface area contributed by atoms with Crippen molar-refractivity contribution in [2.24, 2.45) is 0 Å². The van der Waals surface area contributed by atoms with Gasteiger partial charge in [-0.2, -0.15) is 35.1 Å². The molecule has 0 bridgehead atoms. The van der Waals surface area contributed by atoms with Crippen LogP contribution in [-0.4, -0.2) is 30.1 Å². The molecule has 3 aromatic rings. The third-order valence-electron chi connectivity index (χ3n) is 5.62. The van der Waals surface area contributed by atoms with E-state index in [0.29, 0.717) is 29.3 Å². The summed E-state index contributed by atoms with van der Waals surface area (Å²) in [6.45, 7) is 0.260. The molecule has 3 aromatic carbocycles. The first-order valence-electron chi connectivity index (χ1n) is 11.2. The number of para-hydroxylation sites is 2. The molecule has 0 fully saturated rings. The lowest BCUT2D eigenvalue weighted by atomic mass is 10.0. The van der Waals surface area contributed by atoms with Crippen LogP contribution >= 0.6 is 11.6 Å². The minimum Gasteiger partial charge on any atom is -0.455 e. The molecule has 0 saturated carbocycles. The monoisotopic (exact) mass is 567 g/mol. The van der Waals surface area contributed by atoms with Crippen LogP contribution in [0.2, 0.25) is 5.02 Å². The highest BCUT2D eigenvalue weighted by Crippen LogP contribution is 2.44. The summed E-state index contributed by atoms with van der Waals surface area (Å²) in [6, 6.07) is 13.9. The number of hydrogen-bond acceptors (Lipinski definition) is 3. The van der Waals surface area contributed by atoms with Crippen LogP contribution in [0.1, 0.15) is 23.6 Å². The lowest BCUT2D eigenvalue weighted by Crippen LogP contribution is -2.41. The van der Waals surface area contributed by atoms with E-state index in [4.69, 9.17) is 16.3 Å². The maximum atomic E-state index is 13.9. The average molecular weight is 568 g/mol. The highest BCUT2D eigenvalue weighted by Gasteiger charge is 2.58. The van der Waals surface area contributed by atoms with Crippen molar-refractivity contribution in [1.82, 2.24) is 0 Å². The normalized spacial score (nSPS) is 13.3. The molecule has 1 unspecified atom stereocenters. The number of nitrogens with zero attached hydrogens (tertiary/aromatic N) is 1. The Morgan fingerprint density at radius 1 is 0.895 bits per heavy atom. The summed E-state index contributed by atoms with van der Waals surface area (Å²) < 4.78 is 112. The molecule has 0 aliphatic heterocycles. The van der Waals surface area contributed by atoms with Gasteiger partial charge in [0.05, 0.1) is 12.2 Å². The second kappa shape index (κ2) is 11.4. The molecule has 0 radical (unpaired) electrons. The number of benzene rings is 3. The number of anilines is 1.